The fraction of sp³-hybridized carbons (Fsp3) is 0. The first kappa shape index (κ1) is 78.6. The first-order valence-electron chi connectivity index (χ1n) is 43.3. The number of nitrogens with zero attached hydrogens (tertiary/aromatic N) is 11. The van der Waals surface area contributed by atoms with Crippen LogP contribution < -0.4 is 0 Å². The molecule has 6 aromatic heterocycles. The van der Waals surface area contributed by atoms with Crippen molar-refractivity contribution in [2.24, 2.45) is 9.98 Å². The molecule has 130 heavy (non-hydrogen) atoms. The van der Waals surface area contributed by atoms with Gasteiger partial charge in [0.25, 0.3) is 0 Å². The van der Waals surface area contributed by atoms with Gasteiger partial charge in [-0.25, -0.2) is 39.9 Å². The summed E-state index contributed by atoms with van der Waals surface area (Å²) >= 11 is 1.86. The van der Waals surface area contributed by atoms with Gasteiger partial charge in [-0.05, 0) is 130 Å². The normalized spacial score (nSPS) is 11.6. The van der Waals surface area contributed by atoms with Gasteiger partial charge in [-0.3, -0.25) is 9.98 Å². The molecule has 0 radical (unpaired) electrons. The van der Waals surface area contributed by atoms with Crippen molar-refractivity contribution < 1.29 is 0 Å². The van der Waals surface area contributed by atoms with E-state index < -0.39 is 0 Å². The van der Waals surface area contributed by atoms with Crippen molar-refractivity contribution in [1.29, 1.82) is 5.41 Å². The molecule has 0 saturated carbocycles. The molecule has 0 atom stereocenters. The van der Waals surface area contributed by atoms with Crippen LogP contribution in [0.3, 0.4) is 0 Å². The molecule has 0 bridgehead atoms. The van der Waals surface area contributed by atoms with Gasteiger partial charge in [0.15, 0.2) is 46.6 Å². The monoisotopic (exact) mass is 1680 g/mol. The maximum Gasteiger partial charge on any atom is 0.164 e. The second kappa shape index (κ2) is 35.0. The Hall–Kier alpha value is -17.4. The lowest BCUT2D eigenvalue weighted by atomic mass is 9.97. The standard InChI is InChI=1S/C45H30N4S.C39H26N4.C33H22N4/c46-44(30-13-3-1-4-14-30)48-45(31-15-5-2-6-16-31)47-29-49-40-23-9-7-19-36(40)37-26-25-33(28-41(37)49)32-17-11-18-34(27-32)35-21-12-22-39-38-20-8-10-24-42(38)50-43(35)39;1-3-11-27(12-4-1)28-19-21-30(22-20-28)38-40-37(29-13-5-2-6-14-29)41-39(42-38)31-23-25-32(26-24-31)43-35-17-9-7-15-33(35)34-16-8-10-18-36(34)43;1-3-11-23(12-4-1)31-34-32(24-13-5-2-6-14-24)36-33(35-31)25-19-21-26(22-20-25)37-29-17-9-7-15-27(29)28-16-8-10-18-30(28)37/h1-29,46H;1-26H;1-22H. The summed E-state index contributed by atoms with van der Waals surface area (Å²) < 4.78 is 9.39. The fourth-order valence-corrected chi connectivity index (χ4v) is 18.7. The molecule has 24 aromatic rings. The average Bonchev–Trinajstić information content (AvgIpc) is 1.60. The first-order valence-corrected chi connectivity index (χ1v) is 44.1. The highest BCUT2D eigenvalue weighted by Crippen LogP contribution is 2.43. The van der Waals surface area contributed by atoms with Gasteiger partial charge in [0, 0.05) is 108 Å². The molecule has 612 valence electrons. The quantitative estimate of drug-likeness (QED) is 0.0849. The van der Waals surface area contributed by atoms with Crippen LogP contribution in [0.5, 0.6) is 0 Å². The number of nitrogens with one attached hydrogen (secondary N) is 1. The molecular weight excluding hydrogens is 1610 g/mol. The Balaban J connectivity index is 0.000000116. The molecule has 0 aliphatic carbocycles. The molecule has 0 unspecified atom stereocenters. The van der Waals surface area contributed by atoms with E-state index >= 15 is 0 Å². The van der Waals surface area contributed by atoms with Crippen LogP contribution in [-0.2, 0) is 0 Å². The lowest BCUT2D eigenvalue weighted by molar-refractivity contribution is 1.07. The van der Waals surface area contributed by atoms with Crippen LogP contribution in [-0.4, -0.2) is 61.6 Å². The van der Waals surface area contributed by atoms with E-state index in [-0.39, 0.29) is 5.84 Å². The SMILES string of the molecule is N=C(N=C(N=Cn1c2ccccc2c2ccc(-c3cccc(-c4cccc5c4sc4ccccc45)c3)cc21)c1ccccc1)c1ccccc1.c1ccc(-c2ccc(-c3nc(-c4ccccc4)nc(-c4ccc(-n5c6ccccc6c6ccccc65)cc4)n3)cc2)cc1.c1ccc(-c2nc(-c3ccccc3)nc(-c3ccc(-n4c5ccccc5c5ccccc54)cc3)n2)cc1. The van der Waals surface area contributed by atoms with Crippen molar-refractivity contribution in [3.05, 3.63) is 472 Å². The Bertz CT molecular complexity index is 8220. The fourth-order valence-electron chi connectivity index (χ4n) is 17.4. The van der Waals surface area contributed by atoms with Crippen LogP contribution in [0.2, 0.25) is 0 Å². The van der Waals surface area contributed by atoms with E-state index in [0.29, 0.717) is 40.8 Å². The van der Waals surface area contributed by atoms with Gasteiger partial charge in [-0.15, -0.1) is 11.3 Å². The zero-order valence-electron chi connectivity index (χ0n) is 70.3. The van der Waals surface area contributed by atoms with E-state index in [1.165, 1.54) is 80.5 Å². The van der Waals surface area contributed by atoms with Crippen LogP contribution in [0, 0.1) is 5.41 Å². The Labute approximate surface area is 754 Å². The number of benzene rings is 18. The van der Waals surface area contributed by atoms with Crippen molar-refractivity contribution in [2.75, 3.05) is 0 Å². The van der Waals surface area contributed by atoms with E-state index in [1.807, 2.05) is 175 Å². The van der Waals surface area contributed by atoms with Gasteiger partial charge >= 0.3 is 0 Å². The maximum atomic E-state index is 8.73. The summed E-state index contributed by atoms with van der Waals surface area (Å²) in [5.74, 6) is 4.56. The summed E-state index contributed by atoms with van der Waals surface area (Å²) in [6, 6.07) is 159. The van der Waals surface area contributed by atoms with Crippen molar-refractivity contribution in [3.63, 3.8) is 0 Å². The molecule has 12 nitrogen and oxygen atoms in total. The number of rotatable bonds is 14. The number of aliphatic imine (C=N–C) groups is 2. The molecule has 0 amide bonds. The van der Waals surface area contributed by atoms with Gasteiger partial charge in [-0.1, -0.05) is 364 Å². The molecule has 1 N–H and O–H groups in total. The summed E-state index contributed by atoms with van der Waals surface area (Å²) in [6.45, 7) is 0. The molecule has 6 heterocycles. The van der Waals surface area contributed by atoms with Crippen molar-refractivity contribution in [1.82, 2.24) is 43.6 Å². The van der Waals surface area contributed by atoms with Crippen LogP contribution in [0.25, 0.3) is 199 Å². The molecule has 0 fully saturated rings. The third-order valence-electron chi connectivity index (χ3n) is 23.8. The molecule has 0 spiro atoms. The number of hydrogen-bond donors (Lipinski definition) is 1. The minimum atomic E-state index is 0.164. The van der Waals surface area contributed by atoms with E-state index in [1.54, 1.807) is 0 Å². The molecule has 24 rings (SSSR count). The zero-order chi connectivity index (χ0) is 86.6. The summed E-state index contributed by atoms with van der Waals surface area (Å²) in [7, 11) is 0. The highest BCUT2D eigenvalue weighted by molar-refractivity contribution is 7.26. The van der Waals surface area contributed by atoms with Crippen molar-refractivity contribution >= 4 is 115 Å². The second-order valence-corrected chi connectivity index (χ2v) is 32.8. The van der Waals surface area contributed by atoms with Crippen LogP contribution in [0.1, 0.15) is 11.1 Å². The van der Waals surface area contributed by atoms with Crippen molar-refractivity contribution in [3.8, 4) is 113 Å². The van der Waals surface area contributed by atoms with Gasteiger partial charge in [0.2, 0.25) is 0 Å². The molecule has 0 aliphatic heterocycles. The van der Waals surface area contributed by atoms with Crippen LogP contribution >= 0.6 is 11.3 Å². The highest BCUT2D eigenvalue weighted by Gasteiger charge is 2.21. The smallest absolute Gasteiger partial charge is 0.164 e. The minimum Gasteiger partial charge on any atom is -0.309 e. The molecule has 18 aromatic carbocycles. The number of aromatic nitrogens is 9. The van der Waals surface area contributed by atoms with Gasteiger partial charge in [0.05, 0.1) is 33.1 Å². The molecule has 0 aliphatic rings. The Kier molecular flexibility index (Phi) is 21.1. The third-order valence-corrected chi connectivity index (χ3v) is 25.0. The molecular formula is C117H78N12S. The Morgan fingerprint density at radius 1 is 0.238 bits per heavy atom. The summed E-state index contributed by atoms with van der Waals surface area (Å²) in [5, 5.41) is 18.6. The predicted octanol–water partition coefficient (Wildman–Crippen LogP) is 29.5. The number of amidine groups is 2. The van der Waals surface area contributed by atoms with Gasteiger partial charge in [0.1, 0.15) is 6.34 Å². The summed E-state index contributed by atoms with van der Waals surface area (Å²) in [4.78, 5) is 39.0. The van der Waals surface area contributed by atoms with Crippen molar-refractivity contribution in [2.45, 2.75) is 0 Å². The highest BCUT2D eigenvalue weighted by atomic mass is 32.1. The maximum absolute atomic E-state index is 8.73. The van der Waals surface area contributed by atoms with E-state index in [2.05, 4.69) is 317 Å². The average molecular weight is 1680 g/mol. The lowest BCUT2D eigenvalue weighted by Gasteiger charge is -2.11. The number of thiophene rings is 1. The molecule has 13 heteroatoms. The zero-order valence-corrected chi connectivity index (χ0v) is 71.1. The van der Waals surface area contributed by atoms with Gasteiger partial charge in [-0.2, -0.15) is 0 Å². The van der Waals surface area contributed by atoms with Gasteiger partial charge < -0.3 is 9.13 Å². The van der Waals surface area contributed by atoms with Crippen LogP contribution in [0.15, 0.2) is 471 Å². The summed E-state index contributed by atoms with van der Waals surface area (Å²) in [6.07, 6.45) is 1.84. The third kappa shape index (κ3) is 15.5. The topological polar surface area (TPSA) is 141 Å². The number of fused-ring (bicyclic) bond motifs is 12. The largest absolute Gasteiger partial charge is 0.309 e. The van der Waals surface area contributed by atoms with E-state index in [0.717, 1.165) is 94.4 Å². The first-order chi connectivity index (χ1) is 64.4. The van der Waals surface area contributed by atoms with E-state index in [9.17, 15) is 0 Å². The minimum absolute atomic E-state index is 0.164. The predicted molar refractivity (Wildman–Crippen MR) is 540 cm³/mol. The van der Waals surface area contributed by atoms with Crippen LogP contribution in [0.4, 0.5) is 0 Å². The van der Waals surface area contributed by atoms with E-state index in [4.69, 9.17) is 45.3 Å². The Morgan fingerprint density at radius 3 is 1.01 bits per heavy atom. The number of hydrogen-bond acceptors (Lipinski definition) is 8. The summed E-state index contributed by atoms with van der Waals surface area (Å²) in [5.41, 5.74) is 23.4. The lowest BCUT2D eigenvalue weighted by Crippen LogP contribution is -2.06. The molecule has 0 saturated heterocycles. The second-order valence-electron chi connectivity index (χ2n) is 31.7. The Morgan fingerprint density at radius 2 is 0.546 bits per heavy atom. The number of para-hydroxylation sites is 5.